The van der Waals surface area contributed by atoms with Crippen LogP contribution in [0.4, 0.5) is 0 Å². The highest BCUT2D eigenvalue weighted by Gasteiger charge is 2.07. The van der Waals surface area contributed by atoms with Crippen molar-refractivity contribution in [1.29, 1.82) is 0 Å². The van der Waals surface area contributed by atoms with Gasteiger partial charge in [0.15, 0.2) is 5.76 Å². The summed E-state index contributed by atoms with van der Waals surface area (Å²) in [5.74, 6) is -0.486. The molecule has 0 aliphatic rings. The van der Waals surface area contributed by atoms with Gasteiger partial charge in [0.05, 0.1) is 13.2 Å². The third kappa shape index (κ3) is 17.3. The minimum Gasteiger partial charge on any atom is -0.485 e. The molecule has 0 spiro atoms. The van der Waals surface area contributed by atoms with Crippen molar-refractivity contribution < 1.29 is 19.0 Å². The van der Waals surface area contributed by atoms with Gasteiger partial charge in [-0.2, -0.15) is 0 Å². The largest absolute Gasteiger partial charge is 0.485 e. The maximum atomic E-state index is 10.9. The fourth-order valence-electron chi connectivity index (χ4n) is 0.639. The molecule has 17 heavy (non-hydrogen) atoms. The number of hydrogen-bond acceptors (Lipinski definition) is 4. The highest BCUT2D eigenvalue weighted by atomic mass is 16.6. The molecule has 0 atom stereocenters. The number of carbonyl (C=O) groups is 1. The van der Waals surface area contributed by atoms with Gasteiger partial charge in [0.1, 0.15) is 6.61 Å². The number of carbonyl (C=O) groups excluding carboxylic acids is 1. The topological polar surface area (TPSA) is 44.8 Å². The van der Waals surface area contributed by atoms with E-state index in [2.05, 4.69) is 17.9 Å². The first kappa shape index (κ1) is 18.1. The average molecular weight is 244 g/mol. The lowest BCUT2D eigenvalue weighted by Crippen LogP contribution is -2.12. The first-order valence-corrected chi connectivity index (χ1v) is 5.64. The molecule has 0 fully saturated rings. The normalized spacial score (nSPS) is 8.71. The van der Waals surface area contributed by atoms with Gasteiger partial charge in [-0.05, 0) is 34.3 Å². The van der Waals surface area contributed by atoms with Gasteiger partial charge in [0.2, 0.25) is 0 Å². The van der Waals surface area contributed by atoms with E-state index in [1.165, 1.54) is 5.57 Å². The maximum absolute atomic E-state index is 10.9. The van der Waals surface area contributed by atoms with Crippen LogP contribution in [-0.2, 0) is 19.0 Å². The van der Waals surface area contributed by atoms with Crippen molar-refractivity contribution in [2.45, 2.75) is 27.7 Å². The molecule has 0 rings (SSSR count). The molecule has 0 radical (unpaired) electrons. The standard InChI is InChI=1S/C9H16O4.C4H8/c1-4-11-6-7-13-8(3)9(10)12-5-2;1-4(2)3/h3-7H2,1-2H3;1H2,2-3H3. The predicted octanol–water partition coefficient (Wildman–Crippen LogP) is 2.70. The molecule has 4 nitrogen and oxygen atoms in total. The molecule has 0 amide bonds. The van der Waals surface area contributed by atoms with Crippen molar-refractivity contribution in [2.24, 2.45) is 0 Å². The fourth-order valence-corrected chi connectivity index (χ4v) is 0.639. The molecule has 0 saturated heterocycles. The van der Waals surface area contributed by atoms with E-state index in [1.807, 2.05) is 20.8 Å². The Balaban J connectivity index is 0. The summed E-state index contributed by atoms with van der Waals surface area (Å²) in [5.41, 5.74) is 1.17. The van der Waals surface area contributed by atoms with Crippen molar-refractivity contribution in [3.63, 3.8) is 0 Å². The quantitative estimate of drug-likeness (QED) is 0.227. The summed E-state index contributed by atoms with van der Waals surface area (Å²) in [6, 6.07) is 0. The Morgan fingerprint density at radius 2 is 1.53 bits per heavy atom. The minimum absolute atomic E-state index is 0.0292. The molecule has 0 aliphatic carbocycles. The van der Waals surface area contributed by atoms with Crippen LogP contribution in [-0.4, -0.2) is 32.4 Å². The Morgan fingerprint density at radius 3 is 1.94 bits per heavy atom. The van der Waals surface area contributed by atoms with E-state index in [0.29, 0.717) is 26.4 Å². The second-order valence-electron chi connectivity index (χ2n) is 3.40. The van der Waals surface area contributed by atoms with Crippen molar-refractivity contribution in [3.8, 4) is 0 Å². The maximum Gasteiger partial charge on any atom is 0.372 e. The van der Waals surface area contributed by atoms with Crippen LogP contribution in [0.5, 0.6) is 0 Å². The van der Waals surface area contributed by atoms with Crippen LogP contribution in [0.2, 0.25) is 0 Å². The van der Waals surface area contributed by atoms with Gasteiger partial charge < -0.3 is 14.2 Å². The molecule has 0 N–H and O–H groups in total. The van der Waals surface area contributed by atoms with Crippen molar-refractivity contribution in [2.75, 3.05) is 26.4 Å². The highest BCUT2D eigenvalue weighted by Crippen LogP contribution is 1.96. The van der Waals surface area contributed by atoms with Gasteiger partial charge in [-0.3, -0.25) is 0 Å². The Hall–Kier alpha value is -1.29. The number of ether oxygens (including phenoxy) is 3. The molecule has 4 heteroatoms. The summed E-state index contributed by atoms with van der Waals surface area (Å²) in [5, 5.41) is 0. The van der Waals surface area contributed by atoms with E-state index in [0.717, 1.165) is 0 Å². The van der Waals surface area contributed by atoms with Gasteiger partial charge in [0.25, 0.3) is 0 Å². The van der Waals surface area contributed by atoms with Gasteiger partial charge >= 0.3 is 5.97 Å². The van der Waals surface area contributed by atoms with E-state index >= 15 is 0 Å². The third-order valence-corrected chi connectivity index (χ3v) is 1.21. The van der Waals surface area contributed by atoms with E-state index in [4.69, 9.17) is 9.47 Å². The lowest BCUT2D eigenvalue weighted by molar-refractivity contribution is -0.142. The molecule has 0 aromatic heterocycles. The first-order chi connectivity index (χ1) is 7.95. The lowest BCUT2D eigenvalue weighted by Gasteiger charge is -2.07. The van der Waals surface area contributed by atoms with Crippen LogP contribution in [0.1, 0.15) is 27.7 Å². The summed E-state index contributed by atoms with van der Waals surface area (Å²) < 4.78 is 14.6. The minimum atomic E-state index is -0.515. The fraction of sp³-hybridized carbons (Fsp3) is 0.615. The van der Waals surface area contributed by atoms with Crippen LogP contribution in [0.15, 0.2) is 24.5 Å². The number of rotatable bonds is 7. The molecule has 0 bridgehead atoms. The molecule has 0 heterocycles. The SMILES string of the molecule is C=C(C)C.C=C(OCCOCC)C(=O)OCC. The second-order valence-corrected chi connectivity index (χ2v) is 3.40. The predicted molar refractivity (Wildman–Crippen MR) is 68.7 cm³/mol. The summed E-state index contributed by atoms with van der Waals surface area (Å²) in [6.07, 6.45) is 0. The summed E-state index contributed by atoms with van der Waals surface area (Å²) in [4.78, 5) is 10.9. The summed E-state index contributed by atoms with van der Waals surface area (Å²) in [7, 11) is 0. The van der Waals surface area contributed by atoms with Crippen LogP contribution < -0.4 is 0 Å². The Bertz CT molecular complexity index is 230. The first-order valence-electron chi connectivity index (χ1n) is 5.64. The number of hydrogen-bond donors (Lipinski definition) is 0. The third-order valence-electron chi connectivity index (χ3n) is 1.21. The molecular formula is C13H24O4. The van der Waals surface area contributed by atoms with E-state index in [1.54, 1.807) is 6.92 Å². The second kappa shape index (κ2) is 12.8. The summed E-state index contributed by atoms with van der Waals surface area (Å²) in [6.45, 7) is 16.3. The highest BCUT2D eigenvalue weighted by molar-refractivity contribution is 5.85. The van der Waals surface area contributed by atoms with E-state index < -0.39 is 5.97 Å². The van der Waals surface area contributed by atoms with Gasteiger partial charge in [-0.1, -0.05) is 5.57 Å². The Morgan fingerprint density at radius 1 is 1.00 bits per heavy atom. The lowest BCUT2D eigenvalue weighted by atomic mass is 10.4. The smallest absolute Gasteiger partial charge is 0.372 e. The zero-order chi connectivity index (χ0) is 13.7. The van der Waals surface area contributed by atoms with Crippen LogP contribution in [0, 0.1) is 0 Å². The Kier molecular flexibility index (Phi) is 13.6. The molecule has 100 valence electrons. The van der Waals surface area contributed by atoms with Gasteiger partial charge in [-0.25, -0.2) is 4.79 Å². The monoisotopic (exact) mass is 244 g/mol. The van der Waals surface area contributed by atoms with Crippen LogP contribution in [0.25, 0.3) is 0 Å². The van der Waals surface area contributed by atoms with Gasteiger partial charge in [-0.15, -0.1) is 6.58 Å². The van der Waals surface area contributed by atoms with Gasteiger partial charge in [0, 0.05) is 6.61 Å². The van der Waals surface area contributed by atoms with Crippen LogP contribution in [0.3, 0.4) is 0 Å². The molecule has 0 saturated carbocycles. The number of esters is 1. The van der Waals surface area contributed by atoms with Crippen molar-refractivity contribution in [1.82, 2.24) is 0 Å². The zero-order valence-electron chi connectivity index (χ0n) is 11.4. The van der Waals surface area contributed by atoms with E-state index in [-0.39, 0.29) is 5.76 Å². The molecule has 0 aliphatic heterocycles. The molecule has 0 aromatic carbocycles. The van der Waals surface area contributed by atoms with Crippen molar-refractivity contribution >= 4 is 5.97 Å². The summed E-state index contributed by atoms with van der Waals surface area (Å²) >= 11 is 0. The van der Waals surface area contributed by atoms with E-state index in [9.17, 15) is 4.79 Å². The van der Waals surface area contributed by atoms with Crippen molar-refractivity contribution in [3.05, 3.63) is 24.5 Å². The number of allylic oxidation sites excluding steroid dienone is 1. The zero-order valence-corrected chi connectivity index (χ0v) is 11.4. The molecule has 0 unspecified atom stereocenters. The molecule has 0 aromatic rings. The Labute approximate surface area is 104 Å². The average Bonchev–Trinajstić information content (AvgIpc) is 2.23. The molecular weight excluding hydrogens is 220 g/mol. The van der Waals surface area contributed by atoms with Crippen LogP contribution >= 0.6 is 0 Å².